The van der Waals surface area contributed by atoms with Gasteiger partial charge in [-0.05, 0) is 42.3 Å². The topological polar surface area (TPSA) is 12.0 Å². The van der Waals surface area contributed by atoms with Crippen LogP contribution in [0.3, 0.4) is 0 Å². The van der Waals surface area contributed by atoms with Gasteiger partial charge in [-0.1, -0.05) is 61.5 Å². The third-order valence-electron chi connectivity index (χ3n) is 2.87. The van der Waals surface area contributed by atoms with Crippen molar-refractivity contribution in [2.24, 2.45) is 5.92 Å². The van der Waals surface area contributed by atoms with Crippen LogP contribution in [0.5, 0.6) is 0 Å². The lowest BCUT2D eigenvalue weighted by molar-refractivity contribution is 0.552. The number of nitrogens with one attached hydrogen (secondary N) is 1. The number of hydrogen-bond donors (Lipinski definition) is 1. The van der Waals surface area contributed by atoms with Crippen LogP contribution in [0.15, 0.2) is 58.3 Å². The maximum Gasteiger partial charge on any atom is 0.0545 e. The Morgan fingerprint density at radius 1 is 1.05 bits per heavy atom. The molecule has 1 N–H and O–H groups in total. The van der Waals surface area contributed by atoms with Gasteiger partial charge in [0.2, 0.25) is 0 Å². The molecule has 106 valence electrons. The van der Waals surface area contributed by atoms with Crippen LogP contribution < -0.4 is 5.32 Å². The zero-order valence-electron chi connectivity index (χ0n) is 11.9. The maximum atomic E-state index is 6.17. The van der Waals surface area contributed by atoms with Crippen LogP contribution >= 0.6 is 23.4 Å². The van der Waals surface area contributed by atoms with E-state index in [0.717, 1.165) is 23.0 Å². The minimum Gasteiger partial charge on any atom is -0.312 e. The first-order valence-electron chi connectivity index (χ1n) is 6.87. The van der Waals surface area contributed by atoms with Gasteiger partial charge in [-0.2, -0.15) is 0 Å². The van der Waals surface area contributed by atoms with E-state index in [0.29, 0.717) is 5.92 Å². The summed E-state index contributed by atoms with van der Waals surface area (Å²) < 4.78 is 0. The van der Waals surface area contributed by atoms with Gasteiger partial charge in [0.05, 0.1) is 5.02 Å². The van der Waals surface area contributed by atoms with Crippen molar-refractivity contribution in [3.05, 3.63) is 59.1 Å². The highest BCUT2D eigenvalue weighted by Gasteiger charge is 2.02. The molecule has 0 heterocycles. The lowest BCUT2D eigenvalue weighted by Crippen LogP contribution is -2.18. The Kier molecular flexibility index (Phi) is 5.96. The predicted octanol–water partition coefficient (Wildman–Crippen LogP) is 5.24. The Morgan fingerprint density at radius 2 is 1.75 bits per heavy atom. The van der Waals surface area contributed by atoms with E-state index in [2.05, 4.69) is 43.4 Å². The predicted molar refractivity (Wildman–Crippen MR) is 88.6 cm³/mol. The van der Waals surface area contributed by atoms with Gasteiger partial charge in [-0.3, -0.25) is 0 Å². The summed E-state index contributed by atoms with van der Waals surface area (Å²) in [5.41, 5.74) is 1.31. The average Bonchev–Trinajstić information content (AvgIpc) is 2.43. The second kappa shape index (κ2) is 7.72. The van der Waals surface area contributed by atoms with Crippen LogP contribution in [0, 0.1) is 5.92 Å². The Bertz CT molecular complexity index is 537. The van der Waals surface area contributed by atoms with Crippen LogP contribution in [0.1, 0.15) is 19.4 Å². The molecule has 0 bridgehead atoms. The third-order valence-corrected chi connectivity index (χ3v) is 4.39. The quantitative estimate of drug-likeness (QED) is 0.783. The van der Waals surface area contributed by atoms with E-state index in [1.54, 1.807) is 11.8 Å². The minimum absolute atomic E-state index is 0.685. The molecule has 2 aromatic carbocycles. The summed E-state index contributed by atoms with van der Waals surface area (Å²) in [6, 6.07) is 16.6. The van der Waals surface area contributed by atoms with Crippen LogP contribution in [0.4, 0.5) is 0 Å². The molecule has 20 heavy (non-hydrogen) atoms. The third kappa shape index (κ3) is 4.86. The van der Waals surface area contributed by atoms with Crippen LogP contribution in [-0.2, 0) is 6.54 Å². The van der Waals surface area contributed by atoms with Crippen molar-refractivity contribution in [1.29, 1.82) is 0 Å². The van der Waals surface area contributed by atoms with Crippen LogP contribution in [0.2, 0.25) is 5.02 Å². The lowest BCUT2D eigenvalue weighted by Gasteiger charge is -2.08. The molecule has 1 nitrogen and oxygen atoms in total. The van der Waals surface area contributed by atoms with E-state index in [9.17, 15) is 0 Å². The molecule has 0 aliphatic rings. The van der Waals surface area contributed by atoms with E-state index >= 15 is 0 Å². The highest BCUT2D eigenvalue weighted by Crippen LogP contribution is 2.32. The molecule has 0 unspecified atom stereocenters. The number of rotatable bonds is 6. The molecule has 0 saturated carbocycles. The van der Waals surface area contributed by atoms with Crippen LogP contribution in [-0.4, -0.2) is 6.54 Å². The molecular formula is C17H20ClNS. The molecule has 0 radical (unpaired) electrons. The lowest BCUT2D eigenvalue weighted by atomic mass is 10.2. The Morgan fingerprint density at radius 3 is 2.40 bits per heavy atom. The first-order chi connectivity index (χ1) is 9.65. The molecule has 0 spiro atoms. The molecule has 0 saturated heterocycles. The first-order valence-corrected chi connectivity index (χ1v) is 8.06. The van der Waals surface area contributed by atoms with Gasteiger partial charge in [0.15, 0.2) is 0 Å². The summed E-state index contributed by atoms with van der Waals surface area (Å²) in [4.78, 5) is 2.31. The number of halogens is 1. The van der Waals surface area contributed by atoms with Gasteiger partial charge < -0.3 is 5.32 Å². The van der Waals surface area contributed by atoms with Crippen molar-refractivity contribution in [2.45, 2.75) is 30.2 Å². The Labute approximate surface area is 130 Å². The van der Waals surface area contributed by atoms with E-state index in [-0.39, 0.29) is 0 Å². The normalized spacial score (nSPS) is 11.0. The van der Waals surface area contributed by atoms with E-state index in [1.807, 2.05) is 24.3 Å². The molecule has 0 aliphatic carbocycles. The zero-order valence-corrected chi connectivity index (χ0v) is 13.5. The van der Waals surface area contributed by atoms with Crippen molar-refractivity contribution < 1.29 is 0 Å². The van der Waals surface area contributed by atoms with Crippen molar-refractivity contribution in [2.75, 3.05) is 6.54 Å². The minimum atomic E-state index is 0.685. The maximum absolute atomic E-state index is 6.17. The second-order valence-electron chi connectivity index (χ2n) is 5.20. The Hall–Kier alpha value is -0.960. The van der Waals surface area contributed by atoms with Crippen molar-refractivity contribution in [1.82, 2.24) is 5.32 Å². The van der Waals surface area contributed by atoms with Gasteiger partial charge in [-0.25, -0.2) is 0 Å². The summed E-state index contributed by atoms with van der Waals surface area (Å²) in [6.07, 6.45) is 0. The fraction of sp³-hybridized carbons (Fsp3) is 0.294. The van der Waals surface area contributed by atoms with Crippen molar-refractivity contribution >= 4 is 23.4 Å². The standard InChI is InChI=1S/C17H20ClNS/c1-13(2)11-19-12-14-7-9-15(10-8-14)20-17-6-4-3-5-16(17)18/h3-10,13,19H,11-12H2,1-2H3. The fourth-order valence-corrected chi connectivity index (χ4v) is 2.92. The summed E-state index contributed by atoms with van der Waals surface area (Å²) in [7, 11) is 0. The van der Waals surface area contributed by atoms with Crippen molar-refractivity contribution in [3.63, 3.8) is 0 Å². The van der Waals surface area contributed by atoms with E-state index < -0.39 is 0 Å². The molecule has 3 heteroatoms. The van der Waals surface area contributed by atoms with Gasteiger partial charge >= 0.3 is 0 Å². The van der Waals surface area contributed by atoms with Gasteiger partial charge in [0.1, 0.15) is 0 Å². The zero-order chi connectivity index (χ0) is 14.4. The molecule has 2 rings (SSSR count). The molecule has 0 aliphatic heterocycles. The molecule has 0 fully saturated rings. The fourth-order valence-electron chi connectivity index (χ4n) is 1.83. The summed E-state index contributed by atoms with van der Waals surface area (Å²) in [6.45, 7) is 6.41. The Balaban J connectivity index is 1.93. The SMILES string of the molecule is CC(C)CNCc1ccc(Sc2ccccc2Cl)cc1. The molecule has 0 aromatic heterocycles. The second-order valence-corrected chi connectivity index (χ2v) is 6.72. The number of hydrogen-bond acceptors (Lipinski definition) is 2. The highest BCUT2D eigenvalue weighted by molar-refractivity contribution is 7.99. The van der Waals surface area contributed by atoms with Gasteiger partial charge in [0, 0.05) is 16.3 Å². The van der Waals surface area contributed by atoms with E-state index in [1.165, 1.54) is 10.5 Å². The smallest absolute Gasteiger partial charge is 0.0545 e. The highest BCUT2D eigenvalue weighted by atomic mass is 35.5. The first kappa shape index (κ1) is 15.4. The summed E-state index contributed by atoms with van der Waals surface area (Å²) >= 11 is 7.87. The van der Waals surface area contributed by atoms with Crippen molar-refractivity contribution in [3.8, 4) is 0 Å². The molecular weight excluding hydrogens is 286 g/mol. The van der Waals surface area contributed by atoms with Gasteiger partial charge in [-0.15, -0.1) is 0 Å². The van der Waals surface area contributed by atoms with Crippen LogP contribution in [0.25, 0.3) is 0 Å². The summed E-state index contributed by atoms with van der Waals surface area (Å²) in [5, 5.41) is 4.26. The molecule has 0 atom stereocenters. The van der Waals surface area contributed by atoms with E-state index in [4.69, 9.17) is 11.6 Å². The summed E-state index contributed by atoms with van der Waals surface area (Å²) in [5.74, 6) is 0.685. The monoisotopic (exact) mass is 305 g/mol. The number of benzene rings is 2. The molecule has 0 amide bonds. The van der Waals surface area contributed by atoms with Gasteiger partial charge in [0.25, 0.3) is 0 Å². The molecule has 2 aromatic rings. The average molecular weight is 306 g/mol. The largest absolute Gasteiger partial charge is 0.312 e.